The van der Waals surface area contributed by atoms with Gasteiger partial charge in [-0.05, 0) is 5.92 Å². The molecule has 0 atom stereocenters. The maximum absolute atomic E-state index is 12.1. The van der Waals surface area contributed by atoms with Crippen LogP contribution in [0.5, 0.6) is 0 Å². The predicted molar refractivity (Wildman–Crippen MR) is 118 cm³/mol. The molecule has 2 aromatic heterocycles. The Morgan fingerprint density at radius 1 is 1.14 bits per heavy atom. The van der Waals surface area contributed by atoms with Crippen LogP contribution in [0.2, 0.25) is 0 Å². The summed E-state index contributed by atoms with van der Waals surface area (Å²) in [6, 6.07) is 10.4. The van der Waals surface area contributed by atoms with Crippen LogP contribution in [0.3, 0.4) is 0 Å². The molecule has 0 bridgehead atoms. The molecule has 0 unspecified atom stereocenters. The van der Waals surface area contributed by atoms with Gasteiger partial charge in [0.05, 0.1) is 17.9 Å². The molecule has 1 N–H and O–H groups in total. The van der Waals surface area contributed by atoms with Crippen LogP contribution in [0.1, 0.15) is 19.5 Å². The second kappa shape index (κ2) is 9.07. The highest BCUT2D eigenvalue weighted by molar-refractivity contribution is 7.15. The first-order valence-corrected chi connectivity index (χ1v) is 11.2. The van der Waals surface area contributed by atoms with Crippen molar-refractivity contribution in [2.45, 2.75) is 20.4 Å². The summed E-state index contributed by atoms with van der Waals surface area (Å²) >= 11 is 1.67. The van der Waals surface area contributed by atoms with Gasteiger partial charge in [-0.25, -0.2) is 4.98 Å². The first-order chi connectivity index (χ1) is 14.1. The molecular formula is C22H29N5OS. The van der Waals surface area contributed by atoms with Crippen molar-refractivity contribution in [1.29, 1.82) is 0 Å². The summed E-state index contributed by atoms with van der Waals surface area (Å²) in [5, 5.41) is 5.11. The molecule has 1 aromatic carbocycles. The van der Waals surface area contributed by atoms with Crippen LogP contribution in [0.25, 0.3) is 16.2 Å². The minimum Gasteiger partial charge on any atom is -0.355 e. The highest BCUT2D eigenvalue weighted by atomic mass is 32.1. The molecule has 1 aliphatic heterocycles. The van der Waals surface area contributed by atoms with Gasteiger partial charge in [-0.2, -0.15) is 0 Å². The van der Waals surface area contributed by atoms with Crippen LogP contribution >= 0.6 is 11.3 Å². The number of nitrogens with one attached hydrogen (secondary N) is 1. The zero-order valence-corrected chi connectivity index (χ0v) is 18.0. The number of imidazole rings is 1. The number of nitrogens with zero attached hydrogens (tertiary/aromatic N) is 4. The summed E-state index contributed by atoms with van der Waals surface area (Å²) in [7, 11) is 0. The van der Waals surface area contributed by atoms with Crippen LogP contribution < -0.4 is 5.32 Å². The summed E-state index contributed by atoms with van der Waals surface area (Å²) in [5.74, 6) is 0.619. The Hall–Kier alpha value is -2.22. The molecule has 7 heteroatoms. The van der Waals surface area contributed by atoms with E-state index in [2.05, 4.69) is 69.2 Å². The van der Waals surface area contributed by atoms with E-state index in [4.69, 9.17) is 4.98 Å². The molecule has 6 nitrogen and oxygen atoms in total. The second-order valence-corrected chi connectivity index (χ2v) is 8.95. The fraction of sp³-hybridized carbons (Fsp3) is 0.455. The molecule has 0 radical (unpaired) electrons. The quantitative estimate of drug-likeness (QED) is 0.650. The third-order valence-corrected chi connectivity index (χ3v) is 6.08. The summed E-state index contributed by atoms with van der Waals surface area (Å²) in [6.45, 7) is 10.1. The average Bonchev–Trinajstić information content (AvgIpc) is 3.31. The van der Waals surface area contributed by atoms with Gasteiger partial charge >= 0.3 is 0 Å². The SMILES string of the molecule is CC(C)CNC(=O)CN1CCN(Cc2c(-c3ccccc3)nc3sccn23)CC1. The number of fused-ring (bicyclic) bond motifs is 1. The largest absolute Gasteiger partial charge is 0.355 e. The first kappa shape index (κ1) is 20.1. The van der Waals surface area contributed by atoms with Gasteiger partial charge in [-0.1, -0.05) is 44.2 Å². The lowest BCUT2D eigenvalue weighted by Gasteiger charge is -2.34. The maximum atomic E-state index is 12.1. The predicted octanol–water partition coefficient (Wildman–Crippen LogP) is 2.95. The minimum absolute atomic E-state index is 0.134. The van der Waals surface area contributed by atoms with Crippen LogP contribution in [-0.4, -0.2) is 64.4 Å². The van der Waals surface area contributed by atoms with E-state index in [1.807, 2.05) is 6.07 Å². The van der Waals surface area contributed by atoms with Crippen LogP contribution in [0.15, 0.2) is 41.9 Å². The number of thiazole rings is 1. The number of benzene rings is 1. The van der Waals surface area contributed by atoms with E-state index >= 15 is 0 Å². The summed E-state index contributed by atoms with van der Waals surface area (Å²) in [5.41, 5.74) is 3.49. The van der Waals surface area contributed by atoms with Crippen LogP contribution in [0, 0.1) is 5.92 Å². The molecule has 1 amide bonds. The van der Waals surface area contributed by atoms with Gasteiger partial charge in [0, 0.05) is 56.4 Å². The number of piperazine rings is 1. The molecule has 3 aromatic rings. The van der Waals surface area contributed by atoms with Crippen molar-refractivity contribution in [3.05, 3.63) is 47.6 Å². The lowest BCUT2D eigenvalue weighted by Crippen LogP contribution is -2.49. The molecule has 1 fully saturated rings. The fourth-order valence-electron chi connectivity index (χ4n) is 3.71. The number of aromatic nitrogens is 2. The second-order valence-electron chi connectivity index (χ2n) is 8.08. The Bertz CT molecular complexity index is 941. The molecule has 1 aliphatic rings. The summed E-state index contributed by atoms with van der Waals surface area (Å²) < 4.78 is 2.22. The van der Waals surface area contributed by atoms with Crippen molar-refractivity contribution in [1.82, 2.24) is 24.5 Å². The van der Waals surface area contributed by atoms with Gasteiger partial charge in [0.15, 0.2) is 4.96 Å². The topological polar surface area (TPSA) is 52.9 Å². The first-order valence-electron chi connectivity index (χ1n) is 10.3. The van der Waals surface area contributed by atoms with Crippen molar-refractivity contribution in [3.8, 4) is 11.3 Å². The highest BCUT2D eigenvalue weighted by Crippen LogP contribution is 2.27. The molecular weight excluding hydrogens is 382 g/mol. The Kier molecular flexibility index (Phi) is 6.28. The number of amides is 1. The molecule has 0 saturated carbocycles. The van der Waals surface area contributed by atoms with Gasteiger partial charge in [0.1, 0.15) is 0 Å². The normalized spacial score (nSPS) is 16.0. The number of hydrogen-bond donors (Lipinski definition) is 1. The molecule has 1 saturated heterocycles. The van der Waals surface area contributed by atoms with Gasteiger partial charge in [0.2, 0.25) is 5.91 Å². The Labute approximate surface area is 176 Å². The van der Waals surface area contributed by atoms with E-state index in [0.717, 1.165) is 49.9 Å². The van der Waals surface area contributed by atoms with Crippen molar-refractivity contribution in [2.24, 2.45) is 5.92 Å². The molecule has 3 heterocycles. The zero-order valence-electron chi connectivity index (χ0n) is 17.2. The van der Waals surface area contributed by atoms with Crippen molar-refractivity contribution in [2.75, 3.05) is 39.3 Å². The lowest BCUT2D eigenvalue weighted by atomic mass is 10.1. The van der Waals surface area contributed by atoms with Gasteiger partial charge < -0.3 is 5.32 Å². The number of carbonyl (C=O) groups is 1. The van der Waals surface area contributed by atoms with E-state index in [0.29, 0.717) is 12.5 Å². The standard InChI is InChI=1S/C22H29N5OS/c1-17(2)14-23-20(28)16-26-10-8-25(9-11-26)15-19-21(18-6-4-3-5-7-18)24-22-27(19)12-13-29-22/h3-7,12-13,17H,8-11,14-16H2,1-2H3,(H,23,28). The average molecular weight is 412 g/mol. The van der Waals surface area contributed by atoms with Crippen molar-refractivity contribution < 1.29 is 4.79 Å². The van der Waals surface area contributed by atoms with Gasteiger partial charge in [-0.15, -0.1) is 11.3 Å². The monoisotopic (exact) mass is 411 g/mol. The Balaban J connectivity index is 1.39. The van der Waals surface area contributed by atoms with E-state index in [9.17, 15) is 4.79 Å². The molecule has 0 aliphatic carbocycles. The Morgan fingerprint density at radius 2 is 1.86 bits per heavy atom. The van der Waals surface area contributed by atoms with Crippen LogP contribution in [-0.2, 0) is 11.3 Å². The van der Waals surface area contributed by atoms with E-state index in [-0.39, 0.29) is 5.91 Å². The number of carbonyl (C=O) groups excluding carboxylic acids is 1. The Morgan fingerprint density at radius 3 is 2.59 bits per heavy atom. The molecule has 154 valence electrons. The molecule has 0 spiro atoms. The third-order valence-electron chi connectivity index (χ3n) is 5.32. The fourth-order valence-corrected chi connectivity index (χ4v) is 4.44. The van der Waals surface area contributed by atoms with E-state index in [1.54, 1.807) is 11.3 Å². The number of rotatable bonds is 7. The minimum atomic E-state index is 0.134. The number of hydrogen-bond acceptors (Lipinski definition) is 5. The van der Waals surface area contributed by atoms with Crippen LogP contribution in [0.4, 0.5) is 0 Å². The van der Waals surface area contributed by atoms with Gasteiger partial charge in [0.25, 0.3) is 0 Å². The smallest absolute Gasteiger partial charge is 0.234 e. The highest BCUT2D eigenvalue weighted by Gasteiger charge is 2.22. The third kappa shape index (κ3) is 4.86. The van der Waals surface area contributed by atoms with Crippen molar-refractivity contribution in [3.63, 3.8) is 0 Å². The van der Waals surface area contributed by atoms with Gasteiger partial charge in [-0.3, -0.25) is 19.0 Å². The lowest BCUT2D eigenvalue weighted by molar-refractivity contribution is -0.122. The zero-order chi connectivity index (χ0) is 20.2. The molecule has 4 rings (SSSR count). The summed E-state index contributed by atoms with van der Waals surface area (Å²) in [4.78, 5) is 22.7. The summed E-state index contributed by atoms with van der Waals surface area (Å²) in [6.07, 6.45) is 2.12. The maximum Gasteiger partial charge on any atom is 0.234 e. The van der Waals surface area contributed by atoms with E-state index < -0.39 is 0 Å². The molecule has 29 heavy (non-hydrogen) atoms. The van der Waals surface area contributed by atoms with Crippen molar-refractivity contribution >= 4 is 22.2 Å². The van der Waals surface area contributed by atoms with E-state index in [1.165, 1.54) is 11.3 Å².